The minimum Gasteiger partial charge on any atom is -0.483 e. The van der Waals surface area contributed by atoms with E-state index in [1.165, 1.54) is 31.5 Å². The van der Waals surface area contributed by atoms with E-state index in [0.717, 1.165) is 24.1 Å². The van der Waals surface area contributed by atoms with Crippen LogP contribution in [0.4, 0.5) is 5.82 Å². The van der Waals surface area contributed by atoms with Crippen molar-refractivity contribution in [1.82, 2.24) is 14.9 Å². The van der Waals surface area contributed by atoms with Gasteiger partial charge >= 0.3 is 0 Å². The maximum absolute atomic E-state index is 8.36. The molecule has 0 amide bonds. The van der Waals surface area contributed by atoms with Crippen molar-refractivity contribution in [2.24, 2.45) is 5.92 Å². The van der Waals surface area contributed by atoms with E-state index < -0.39 is 0 Å². The molecule has 1 unspecified atom stereocenters. The van der Waals surface area contributed by atoms with Gasteiger partial charge in [-0.3, -0.25) is 9.59 Å². The second-order valence-electron chi connectivity index (χ2n) is 6.24. The predicted molar refractivity (Wildman–Crippen MR) is 97.0 cm³/mol. The first-order valence-electron chi connectivity index (χ1n) is 8.31. The van der Waals surface area contributed by atoms with Gasteiger partial charge in [0.05, 0.1) is 0 Å². The minimum absolute atomic E-state index is 0.250. The van der Waals surface area contributed by atoms with E-state index in [4.69, 9.17) is 19.8 Å². The fraction of sp³-hybridized carbons (Fsp3) is 0.647. The summed E-state index contributed by atoms with van der Waals surface area (Å²) in [5, 5.41) is 17.3. The second-order valence-corrected chi connectivity index (χ2v) is 6.24. The van der Waals surface area contributed by atoms with Crippen molar-refractivity contribution < 1.29 is 19.8 Å². The third kappa shape index (κ3) is 9.61. The highest BCUT2D eigenvalue weighted by Gasteiger charge is 2.18. The van der Waals surface area contributed by atoms with Crippen LogP contribution in [0.5, 0.6) is 0 Å². The van der Waals surface area contributed by atoms with Gasteiger partial charge < -0.3 is 20.4 Å². The highest BCUT2D eigenvalue weighted by molar-refractivity contribution is 5.44. The smallest absolute Gasteiger partial charge is 0.290 e. The van der Waals surface area contributed by atoms with E-state index in [0.29, 0.717) is 5.92 Å². The summed E-state index contributed by atoms with van der Waals surface area (Å²) in [5.41, 5.74) is 1.22. The van der Waals surface area contributed by atoms with Crippen LogP contribution in [0.3, 0.4) is 0 Å². The molecule has 0 aliphatic carbocycles. The molecule has 8 heteroatoms. The van der Waals surface area contributed by atoms with Crippen LogP contribution in [0.15, 0.2) is 6.20 Å². The largest absolute Gasteiger partial charge is 0.483 e. The Hall–Kier alpha value is -2.22. The molecule has 1 fully saturated rings. The van der Waals surface area contributed by atoms with Crippen LogP contribution in [0.2, 0.25) is 0 Å². The van der Waals surface area contributed by atoms with Crippen LogP contribution in [0, 0.1) is 12.8 Å². The van der Waals surface area contributed by atoms with Gasteiger partial charge in [-0.15, -0.1) is 0 Å². The van der Waals surface area contributed by atoms with Gasteiger partial charge in [0.25, 0.3) is 12.9 Å². The lowest BCUT2D eigenvalue weighted by molar-refractivity contribution is -0.123. The molecule has 1 saturated heterocycles. The number of carboxylic acid groups (broad SMARTS) is 2. The Morgan fingerprint density at radius 3 is 2.48 bits per heavy atom. The van der Waals surface area contributed by atoms with Gasteiger partial charge in [0.1, 0.15) is 11.6 Å². The summed E-state index contributed by atoms with van der Waals surface area (Å²) in [6.45, 7) is 9.26. The number of hydrogen-bond donors (Lipinski definition) is 3. The lowest BCUT2D eigenvalue weighted by atomic mass is 9.98. The highest BCUT2D eigenvalue weighted by atomic mass is 16.3. The summed E-state index contributed by atoms with van der Waals surface area (Å²) in [5.74, 6) is 3.05. The minimum atomic E-state index is -0.250. The molecule has 142 valence electrons. The zero-order valence-corrected chi connectivity index (χ0v) is 15.5. The molecule has 0 spiro atoms. The Bertz CT molecular complexity index is 505. The SMILES string of the molecule is Cc1ncc(C(C)C)c(NCC2CCCN(C)C2)n1.O=CO.O=CO. The summed E-state index contributed by atoms with van der Waals surface area (Å²) in [7, 11) is 2.21. The standard InChI is InChI=1S/C15H26N4.2CH2O2/c1-11(2)14-9-16-12(3)18-15(14)17-8-13-6-5-7-19(4)10-13;2*2-1-3/h9,11,13H,5-8,10H2,1-4H3,(H,16,17,18);2*1H,(H,2,3). The molecule has 1 aliphatic rings. The van der Waals surface area contributed by atoms with Crippen LogP contribution in [0.25, 0.3) is 0 Å². The third-order valence-corrected chi connectivity index (χ3v) is 3.84. The average molecular weight is 354 g/mol. The average Bonchev–Trinajstić information content (AvgIpc) is 2.54. The quantitative estimate of drug-likeness (QED) is 0.704. The van der Waals surface area contributed by atoms with Crippen molar-refractivity contribution in [1.29, 1.82) is 0 Å². The lowest BCUT2D eigenvalue weighted by Gasteiger charge is -2.30. The Balaban J connectivity index is 0.000000844. The summed E-state index contributed by atoms with van der Waals surface area (Å²) < 4.78 is 0. The Morgan fingerprint density at radius 1 is 1.36 bits per heavy atom. The first-order chi connectivity index (χ1) is 11.9. The number of nitrogens with zero attached hydrogens (tertiary/aromatic N) is 3. The van der Waals surface area contributed by atoms with Crippen molar-refractivity contribution in [3.63, 3.8) is 0 Å². The normalized spacial score (nSPS) is 16.8. The predicted octanol–water partition coefficient (Wildman–Crippen LogP) is 2.06. The molecule has 1 aromatic heterocycles. The van der Waals surface area contributed by atoms with Crippen LogP contribution in [0.1, 0.15) is 44.0 Å². The van der Waals surface area contributed by atoms with E-state index in [9.17, 15) is 0 Å². The van der Waals surface area contributed by atoms with Crippen LogP contribution < -0.4 is 5.32 Å². The maximum atomic E-state index is 8.36. The number of carbonyl (C=O) groups is 2. The van der Waals surface area contributed by atoms with Gasteiger partial charge in [-0.25, -0.2) is 9.97 Å². The molecule has 3 N–H and O–H groups in total. The molecule has 1 aromatic rings. The first kappa shape index (κ1) is 22.8. The molecule has 0 saturated carbocycles. The monoisotopic (exact) mass is 354 g/mol. The molecule has 2 heterocycles. The number of anilines is 1. The van der Waals surface area contributed by atoms with Gasteiger partial charge in [-0.2, -0.15) is 0 Å². The number of nitrogens with one attached hydrogen (secondary N) is 1. The van der Waals surface area contributed by atoms with Crippen LogP contribution in [-0.2, 0) is 9.59 Å². The van der Waals surface area contributed by atoms with Gasteiger partial charge in [-0.1, -0.05) is 13.8 Å². The lowest BCUT2D eigenvalue weighted by Crippen LogP contribution is -2.35. The van der Waals surface area contributed by atoms with Crippen LogP contribution in [-0.4, -0.2) is 64.7 Å². The number of hydrogen-bond acceptors (Lipinski definition) is 6. The molecule has 0 radical (unpaired) electrons. The Labute approximate surface area is 149 Å². The topological polar surface area (TPSA) is 116 Å². The van der Waals surface area contributed by atoms with Gasteiger partial charge in [0.15, 0.2) is 0 Å². The van der Waals surface area contributed by atoms with Crippen molar-refractivity contribution in [3.8, 4) is 0 Å². The van der Waals surface area contributed by atoms with Crippen molar-refractivity contribution in [3.05, 3.63) is 17.6 Å². The maximum Gasteiger partial charge on any atom is 0.290 e. The molecule has 1 aliphatic heterocycles. The van der Waals surface area contributed by atoms with Gasteiger partial charge in [0, 0.05) is 24.8 Å². The van der Waals surface area contributed by atoms with E-state index in [1.54, 1.807) is 0 Å². The number of likely N-dealkylation sites (tertiary alicyclic amines) is 1. The fourth-order valence-electron chi connectivity index (χ4n) is 2.72. The van der Waals surface area contributed by atoms with Crippen LogP contribution >= 0.6 is 0 Å². The van der Waals surface area contributed by atoms with Crippen molar-refractivity contribution >= 4 is 18.8 Å². The molecule has 8 nitrogen and oxygen atoms in total. The first-order valence-corrected chi connectivity index (χ1v) is 8.31. The van der Waals surface area contributed by atoms with Gasteiger partial charge in [-0.05, 0) is 45.2 Å². The van der Waals surface area contributed by atoms with E-state index in [-0.39, 0.29) is 12.9 Å². The second kappa shape index (κ2) is 13.1. The summed E-state index contributed by atoms with van der Waals surface area (Å²) in [4.78, 5) is 28.0. The molecular weight excluding hydrogens is 324 g/mol. The number of piperidine rings is 1. The zero-order chi connectivity index (χ0) is 19.2. The van der Waals surface area contributed by atoms with Crippen molar-refractivity contribution in [2.75, 3.05) is 32.0 Å². The molecule has 0 aromatic carbocycles. The fourth-order valence-corrected chi connectivity index (χ4v) is 2.72. The van der Waals surface area contributed by atoms with Crippen molar-refractivity contribution in [2.45, 2.75) is 39.5 Å². The number of aromatic nitrogens is 2. The van der Waals surface area contributed by atoms with E-state index >= 15 is 0 Å². The van der Waals surface area contributed by atoms with E-state index in [1.807, 2.05) is 13.1 Å². The molecule has 25 heavy (non-hydrogen) atoms. The zero-order valence-electron chi connectivity index (χ0n) is 15.5. The van der Waals surface area contributed by atoms with E-state index in [2.05, 4.69) is 41.1 Å². The summed E-state index contributed by atoms with van der Waals surface area (Å²) in [6, 6.07) is 0. The number of rotatable bonds is 4. The highest BCUT2D eigenvalue weighted by Crippen LogP contribution is 2.22. The molecule has 2 rings (SSSR count). The van der Waals surface area contributed by atoms with Gasteiger partial charge in [0.2, 0.25) is 0 Å². The molecule has 1 atom stereocenters. The molecule has 0 bridgehead atoms. The summed E-state index contributed by atoms with van der Waals surface area (Å²) in [6.07, 6.45) is 4.59. The third-order valence-electron chi connectivity index (χ3n) is 3.84. The molecular formula is C17H30N4O4. The Morgan fingerprint density at radius 2 is 1.96 bits per heavy atom. The Kier molecular flexibility index (Phi) is 11.9. The summed E-state index contributed by atoms with van der Waals surface area (Å²) >= 11 is 0. The number of aryl methyl sites for hydroxylation is 1.